The minimum atomic E-state index is -0.284. The van der Waals surface area contributed by atoms with Gasteiger partial charge in [0.15, 0.2) is 0 Å². The second-order valence-electron chi connectivity index (χ2n) is 7.22. The van der Waals surface area contributed by atoms with Crippen LogP contribution in [0.3, 0.4) is 0 Å². The SMILES string of the molecule is CCCCCCNC(=O)C1CCCN(C(=O)CNC(=O)c2cccc(Br)c2)C1. The van der Waals surface area contributed by atoms with Gasteiger partial charge in [0.2, 0.25) is 11.8 Å². The van der Waals surface area contributed by atoms with Crippen LogP contribution >= 0.6 is 15.9 Å². The van der Waals surface area contributed by atoms with Crippen LogP contribution in [0.4, 0.5) is 0 Å². The molecule has 28 heavy (non-hydrogen) atoms. The van der Waals surface area contributed by atoms with Gasteiger partial charge >= 0.3 is 0 Å². The van der Waals surface area contributed by atoms with Crippen LogP contribution in [-0.4, -0.2) is 48.8 Å². The summed E-state index contributed by atoms with van der Waals surface area (Å²) in [7, 11) is 0. The van der Waals surface area contributed by atoms with Gasteiger partial charge in [-0.1, -0.05) is 48.2 Å². The first kappa shape index (κ1) is 22.4. The maximum Gasteiger partial charge on any atom is 0.251 e. The normalized spacial score (nSPS) is 16.5. The molecule has 0 aromatic heterocycles. The Morgan fingerprint density at radius 2 is 2.00 bits per heavy atom. The summed E-state index contributed by atoms with van der Waals surface area (Å²) in [5, 5.41) is 5.67. The molecule has 1 aromatic carbocycles. The van der Waals surface area contributed by atoms with Crippen LogP contribution < -0.4 is 10.6 Å². The van der Waals surface area contributed by atoms with Crippen molar-refractivity contribution in [3.05, 3.63) is 34.3 Å². The molecular formula is C21H30BrN3O3. The highest BCUT2D eigenvalue weighted by Gasteiger charge is 2.28. The Labute approximate surface area is 175 Å². The summed E-state index contributed by atoms with van der Waals surface area (Å²) in [5.41, 5.74) is 0.501. The number of carbonyl (C=O) groups is 3. The third kappa shape index (κ3) is 7.26. The highest BCUT2D eigenvalue weighted by Crippen LogP contribution is 2.17. The Bertz CT molecular complexity index is 681. The van der Waals surface area contributed by atoms with Crippen molar-refractivity contribution in [2.24, 2.45) is 5.92 Å². The molecule has 1 heterocycles. The molecule has 154 valence electrons. The van der Waals surface area contributed by atoms with Gasteiger partial charge in [-0.25, -0.2) is 0 Å². The number of hydrogen-bond acceptors (Lipinski definition) is 3. The first-order chi connectivity index (χ1) is 13.5. The molecule has 2 rings (SSSR count). The van der Waals surface area contributed by atoms with Gasteiger partial charge < -0.3 is 15.5 Å². The van der Waals surface area contributed by atoms with Crippen molar-refractivity contribution in [1.29, 1.82) is 0 Å². The highest BCUT2D eigenvalue weighted by atomic mass is 79.9. The molecule has 0 radical (unpaired) electrons. The number of hydrogen-bond donors (Lipinski definition) is 2. The van der Waals surface area contributed by atoms with Gasteiger partial charge in [0.1, 0.15) is 0 Å². The minimum absolute atomic E-state index is 0.0344. The fraction of sp³-hybridized carbons (Fsp3) is 0.571. The Kier molecular flexibility index (Phi) is 9.47. The average Bonchev–Trinajstić information content (AvgIpc) is 2.71. The lowest BCUT2D eigenvalue weighted by Crippen LogP contribution is -2.48. The molecule has 1 aliphatic rings. The predicted octanol–water partition coefficient (Wildman–Crippen LogP) is 3.11. The van der Waals surface area contributed by atoms with E-state index in [-0.39, 0.29) is 30.2 Å². The molecule has 1 atom stereocenters. The Morgan fingerprint density at radius 1 is 1.18 bits per heavy atom. The van der Waals surface area contributed by atoms with Crippen LogP contribution in [0.1, 0.15) is 55.8 Å². The van der Waals surface area contributed by atoms with E-state index in [0.717, 1.165) is 30.2 Å². The number of nitrogens with one attached hydrogen (secondary N) is 2. The molecule has 2 N–H and O–H groups in total. The lowest BCUT2D eigenvalue weighted by Gasteiger charge is -2.32. The lowest BCUT2D eigenvalue weighted by atomic mass is 9.97. The number of halogens is 1. The molecule has 0 aliphatic carbocycles. The molecule has 6 nitrogen and oxygen atoms in total. The Balaban J connectivity index is 1.75. The molecule has 0 saturated carbocycles. The topological polar surface area (TPSA) is 78.5 Å². The van der Waals surface area contributed by atoms with Crippen molar-refractivity contribution >= 4 is 33.7 Å². The molecule has 1 saturated heterocycles. The Hall–Kier alpha value is -1.89. The number of piperidine rings is 1. The van der Waals surface area contributed by atoms with Gasteiger partial charge in [0.05, 0.1) is 12.5 Å². The van der Waals surface area contributed by atoms with Gasteiger partial charge in [0, 0.05) is 29.7 Å². The fourth-order valence-electron chi connectivity index (χ4n) is 3.32. The summed E-state index contributed by atoms with van der Waals surface area (Å²) >= 11 is 3.33. The number of likely N-dealkylation sites (tertiary alicyclic amines) is 1. The van der Waals surface area contributed by atoms with E-state index in [1.807, 2.05) is 6.07 Å². The highest BCUT2D eigenvalue weighted by molar-refractivity contribution is 9.10. The molecule has 1 aromatic rings. The van der Waals surface area contributed by atoms with E-state index in [9.17, 15) is 14.4 Å². The quantitative estimate of drug-likeness (QED) is 0.566. The van der Waals surface area contributed by atoms with Crippen molar-refractivity contribution in [3.63, 3.8) is 0 Å². The number of nitrogens with zero attached hydrogens (tertiary/aromatic N) is 1. The summed E-state index contributed by atoms with van der Waals surface area (Å²) in [6.07, 6.45) is 6.09. The number of carbonyl (C=O) groups excluding carboxylic acids is 3. The zero-order valence-corrected chi connectivity index (χ0v) is 18.1. The van der Waals surface area contributed by atoms with Gasteiger partial charge in [-0.05, 0) is 37.5 Å². The number of amides is 3. The predicted molar refractivity (Wildman–Crippen MR) is 113 cm³/mol. The second kappa shape index (κ2) is 11.8. The summed E-state index contributed by atoms with van der Waals surface area (Å²) in [4.78, 5) is 38.7. The first-order valence-corrected chi connectivity index (χ1v) is 10.9. The van der Waals surface area contributed by atoms with E-state index < -0.39 is 0 Å². The standard InChI is InChI=1S/C21H30BrN3O3/c1-2-3-4-5-11-23-21(28)17-9-7-12-25(15-17)19(26)14-24-20(27)16-8-6-10-18(22)13-16/h6,8,10,13,17H,2-5,7,9,11-12,14-15H2,1H3,(H,23,28)(H,24,27). The van der Waals surface area contributed by atoms with E-state index >= 15 is 0 Å². The Morgan fingerprint density at radius 3 is 2.75 bits per heavy atom. The number of benzene rings is 1. The zero-order chi connectivity index (χ0) is 20.4. The summed E-state index contributed by atoms with van der Waals surface area (Å²) in [6.45, 7) is 3.86. The van der Waals surface area contributed by atoms with Crippen LogP contribution in [0.15, 0.2) is 28.7 Å². The van der Waals surface area contributed by atoms with Crippen molar-refractivity contribution in [2.45, 2.75) is 45.4 Å². The van der Waals surface area contributed by atoms with E-state index in [1.54, 1.807) is 23.1 Å². The molecule has 1 unspecified atom stereocenters. The van der Waals surface area contributed by atoms with Crippen LogP contribution in [0, 0.1) is 5.92 Å². The van der Waals surface area contributed by atoms with Crippen LogP contribution in [0.5, 0.6) is 0 Å². The van der Waals surface area contributed by atoms with Crippen LogP contribution in [0.25, 0.3) is 0 Å². The molecule has 0 spiro atoms. The van der Waals surface area contributed by atoms with E-state index in [2.05, 4.69) is 33.5 Å². The first-order valence-electron chi connectivity index (χ1n) is 10.1. The maximum absolute atomic E-state index is 12.5. The molecule has 7 heteroatoms. The summed E-state index contributed by atoms with van der Waals surface area (Å²) < 4.78 is 0.811. The number of rotatable bonds is 9. The third-order valence-electron chi connectivity index (χ3n) is 4.96. The molecule has 1 fully saturated rings. The van der Waals surface area contributed by atoms with E-state index in [1.165, 1.54) is 12.8 Å². The fourth-order valence-corrected chi connectivity index (χ4v) is 3.72. The van der Waals surface area contributed by atoms with Crippen molar-refractivity contribution in [1.82, 2.24) is 15.5 Å². The van der Waals surface area contributed by atoms with Gasteiger partial charge in [-0.3, -0.25) is 14.4 Å². The monoisotopic (exact) mass is 451 g/mol. The van der Waals surface area contributed by atoms with E-state index in [0.29, 0.717) is 25.2 Å². The van der Waals surface area contributed by atoms with Crippen LogP contribution in [0.2, 0.25) is 0 Å². The largest absolute Gasteiger partial charge is 0.356 e. The minimum Gasteiger partial charge on any atom is -0.356 e. The zero-order valence-electron chi connectivity index (χ0n) is 16.5. The summed E-state index contributed by atoms with van der Waals surface area (Å²) in [6, 6.07) is 7.02. The molecule has 3 amide bonds. The molecule has 1 aliphatic heterocycles. The second-order valence-corrected chi connectivity index (χ2v) is 8.14. The van der Waals surface area contributed by atoms with Crippen molar-refractivity contribution < 1.29 is 14.4 Å². The van der Waals surface area contributed by atoms with Crippen LogP contribution in [-0.2, 0) is 9.59 Å². The third-order valence-corrected chi connectivity index (χ3v) is 5.45. The van der Waals surface area contributed by atoms with Gasteiger partial charge in [0.25, 0.3) is 5.91 Å². The van der Waals surface area contributed by atoms with Gasteiger partial charge in [-0.15, -0.1) is 0 Å². The number of unbranched alkanes of at least 4 members (excludes halogenated alkanes) is 3. The van der Waals surface area contributed by atoms with Gasteiger partial charge in [-0.2, -0.15) is 0 Å². The molecule has 0 bridgehead atoms. The lowest BCUT2D eigenvalue weighted by molar-refractivity contribution is -0.134. The summed E-state index contributed by atoms with van der Waals surface area (Å²) in [5.74, 6) is -0.561. The average molecular weight is 452 g/mol. The van der Waals surface area contributed by atoms with Crippen molar-refractivity contribution in [2.75, 3.05) is 26.2 Å². The maximum atomic E-state index is 12.5. The molecular weight excluding hydrogens is 422 g/mol. The van der Waals surface area contributed by atoms with Crippen molar-refractivity contribution in [3.8, 4) is 0 Å². The van der Waals surface area contributed by atoms with E-state index in [4.69, 9.17) is 0 Å². The smallest absolute Gasteiger partial charge is 0.251 e.